The second-order valence-electron chi connectivity index (χ2n) is 4.08. The quantitative estimate of drug-likeness (QED) is 0.859. The Morgan fingerprint density at radius 2 is 2.24 bits per heavy atom. The molecule has 0 saturated carbocycles. The lowest BCUT2D eigenvalue weighted by atomic mass is 10.2. The van der Waals surface area contributed by atoms with E-state index >= 15 is 0 Å². The summed E-state index contributed by atoms with van der Waals surface area (Å²) in [6, 6.07) is 8.20. The first kappa shape index (κ1) is 11.6. The van der Waals surface area contributed by atoms with Crippen molar-refractivity contribution in [2.75, 3.05) is 5.32 Å². The summed E-state index contributed by atoms with van der Waals surface area (Å²) < 4.78 is 5.15. The summed E-state index contributed by atoms with van der Waals surface area (Å²) in [5, 5.41) is 7.17. The van der Waals surface area contributed by atoms with Crippen molar-refractivity contribution >= 4 is 5.69 Å². The van der Waals surface area contributed by atoms with E-state index in [0.717, 1.165) is 24.4 Å². The molecule has 0 unspecified atom stereocenters. The first-order valence-corrected chi connectivity index (χ1v) is 5.90. The van der Waals surface area contributed by atoms with E-state index in [1.807, 2.05) is 12.1 Å². The number of anilines is 1. The maximum atomic E-state index is 5.15. The van der Waals surface area contributed by atoms with Gasteiger partial charge in [0, 0.05) is 12.1 Å². The number of rotatable bonds is 5. The van der Waals surface area contributed by atoms with Crippen molar-refractivity contribution < 1.29 is 4.52 Å². The average molecular weight is 231 g/mol. The summed E-state index contributed by atoms with van der Waals surface area (Å²) in [6.07, 6.45) is 1.90. The number of nitrogens with zero attached hydrogens (tertiary/aromatic N) is 2. The van der Waals surface area contributed by atoms with Crippen molar-refractivity contribution in [3.63, 3.8) is 0 Å². The van der Waals surface area contributed by atoms with Crippen molar-refractivity contribution in [3.8, 4) is 0 Å². The van der Waals surface area contributed by atoms with E-state index < -0.39 is 0 Å². The van der Waals surface area contributed by atoms with Gasteiger partial charge in [0.15, 0.2) is 5.82 Å². The van der Waals surface area contributed by atoms with Crippen LogP contribution >= 0.6 is 0 Å². The molecule has 1 N–H and O–H groups in total. The number of aryl methyl sites for hydroxylation is 2. The predicted molar refractivity (Wildman–Crippen MR) is 66.8 cm³/mol. The van der Waals surface area contributed by atoms with Crippen LogP contribution in [0.5, 0.6) is 0 Å². The Morgan fingerprint density at radius 1 is 1.35 bits per heavy atom. The lowest BCUT2D eigenvalue weighted by molar-refractivity contribution is 0.377. The molecule has 0 aliphatic rings. The van der Waals surface area contributed by atoms with Crippen LogP contribution in [0.2, 0.25) is 0 Å². The Kier molecular flexibility index (Phi) is 3.75. The Labute approximate surface area is 101 Å². The molecular formula is C13H17N3O. The van der Waals surface area contributed by atoms with Crippen LogP contribution in [0.3, 0.4) is 0 Å². The van der Waals surface area contributed by atoms with Gasteiger partial charge in [-0.1, -0.05) is 24.2 Å². The van der Waals surface area contributed by atoms with E-state index in [-0.39, 0.29) is 0 Å². The first-order valence-electron chi connectivity index (χ1n) is 5.90. The lowest BCUT2D eigenvalue weighted by Gasteiger charge is -2.03. The fraction of sp³-hybridized carbons (Fsp3) is 0.385. The van der Waals surface area contributed by atoms with Gasteiger partial charge < -0.3 is 9.84 Å². The van der Waals surface area contributed by atoms with Crippen LogP contribution in [0.4, 0.5) is 5.69 Å². The molecule has 4 nitrogen and oxygen atoms in total. The Hall–Kier alpha value is -1.84. The molecule has 4 heteroatoms. The molecule has 0 saturated heterocycles. The first-order chi connectivity index (χ1) is 8.28. The zero-order valence-electron chi connectivity index (χ0n) is 10.2. The minimum Gasteiger partial charge on any atom is -0.376 e. The van der Waals surface area contributed by atoms with Gasteiger partial charge in [0.1, 0.15) is 0 Å². The smallest absolute Gasteiger partial charge is 0.245 e. The highest BCUT2D eigenvalue weighted by Crippen LogP contribution is 2.11. The number of benzene rings is 1. The molecule has 2 rings (SSSR count). The summed E-state index contributed by atoms with van der Waals surface area (Å²) >= 11 is 0. The van der Waals surface area contributed by atoms with Gasteiger partial charge in [-0.15, -0.1) is 0 Å². The molecule has 0 atom stereocenters. The largest absolute Gasteiger partial charge is 0.376 e. The van der Waals surface area contributed by atoms with E-state index in [2.05, 4.69) is 41.4 Å². The molecule has 0 bridgehead atoms. The van der Waals surface area contributed by atoms with Gasteiger partial charge in [0.2, 0.25) is 5.89 Å². The molecule has 1 aromatic heterocycles. The molecule has 0 aliphatic carbocycles. The third-order valence-corrected chi connectivity index (χ3v) is 2.45. The zero-order valence-corrected chi connectivity index (χ0v) is 10.2. The van der Waals surface area contributed by atoms with E-state index in [1.165, 1.54) is 5.56 Å². The zero-order chi connectivity index (χ0) is 12.1. The van der Waals surface area contributed by atoms with Crippen molar-refractivity contribution in [1.29, 1.82) is 0 Å². The lowest BCUT2D eigenvalue weighted by Crippen LogP contribution is -2.00. The summed E-state index contributed by atoms with van der Waals surface area (Å²) in [6.45, 7) is 4.73. The number of nitrogens with one attached hydrogen (secondary N) is 1. The summed E-state index contributed by atoms with van der Waals surface area (Å²) in [5.74, 6) is 1.42. The molecule has 90 valence electrons. The molecule has 0 radical (unpaired) electrons. The second-order valence-corrected chi connectivity index (χ2v) is 4.08. The normalized spacial score (nSPS) is 10.5. The minimum atomic E-state index is 0.570. The molecule has 17 heavy (non-hydrogen) atoms. The molecule has 1 heterocycles. The summed E-state index contributed by atoms with van der Waals surface area (Å²) in [4.78, 5) is 4.30. The summed E-state index contributed by atoms with van der Waals surface area (Å²) in [7, 11) is 0. The van der Waals surface area contributed by atoms with Crippen LogP contribution in [0, 0.1) is 6.92 Å². The fourth-order valence-electron chi connectivity index (χ4n) is 1.62. The van der Waals surface area contributed by atoms with Crippen LogP contribution in [-0.4, -0.2) is 10.1 Å². The van der Waals surface area contributed by atoms with Gasteiger partial charge >= 0.3 is 0 Å². The standard InChI is InChI=1S/C13H17N3O/c1-3-5-12-15-13(17-16-12)9-14-11-7-4-6-10(2)8-11/h4,6-8,14H,3,5,9H2,1-2H3. The fourth-order valence-corrected chi connectivity index (χ4v) is 1.62. The third-order valence-electron chi connectivity index (χ3n) is 2.45. The number of aromatic nitrogens is 2. The highest BCUT2D eigenvalue weighted by atomic mass is 16.5. The van der Waals surface area contributed by atoms with E-state index in [9.17, 15) is 0 Å². The molecular weight excluding hydrogens is 214 g/mol. The Morgan fingerprint density at radius 3 is 3.00 bits per heavy atom. The number of hydrogen-bond acceptors (Lipinski definition) is 4. The molecule has 0 aliphatic heterocycles. The average Bonchev–Trinajstić information content (AvgIpc) is 2.75. The molecule has 1 aromatic carbocycles. The van der Waals surface area contributed by atoms with Crippen LogP contribution in [-0.2, 0) is 13.0 Å². The van der Waals surface area contributed by atoms with Gasteiger partial charge in [-0.05, 0) is 31.0 Å². The predicted octanol–water partition coefficient (Wildman–Crippen LogP) is 2.94. The third kappa shape index (κ3) is 3.31. The summed E-state index contributed by atoms with van der Waals surface area (Å²) in [5.41, 5.74) is 2.30. The van der Waals surface area contributed by atoms with Crippen LogP contribution in [0.1, 0.15) is 30.6 Å². The molecule has 0 spiro atoms. The van der Waals surface area contributed by atoms with Gasteiger partial charge in [-0.25, -0.2) is 0 Å². The topological polar surface area (TPSA) is 51.0 Å². The molecule has 0 amide bonds. The monoisotopic (exact) mass is 231 g/mol. The SMILES string of the molecule is CCCc1noc(CNc2cccc(C)c2)n1. The van der Waals surface area contributed by atoms with Crippen LogP contribution in [0.25, 0.3) is 0 Å². The van der Waals surface area contributed by atoms with Crippen molar-refractivity contribution in [3.05, 3.63) is 41.5 Å². The maximum absolute atomic E-state index is 5.15. The Balaban J connectivity index is 1.93. The van der Waals surface area contributed by atoms with Crippen LogP contribution < -0.4 is 5.32 Å². The van der Waals surface area contributed by atoms with Crippen molar-refractivity contribution in [2.45, 2.75) is 33.2 Å². The van der Waals surface area contributed by atoms with Crippen molar-refractivity contribution in [2.24, 2.45) is 0 Å². The molecule has 0 fully saturated rings. The van der Waals surface area contributed by atoms with Gasteiger partial charge in [-0.3, -0.25) is 0 Å². The van der Waals surface area contributed by atoms with Crippen LogP contribution in [0.15, 0.2) is 28.8 Å². The minimum absolute atomic E-state index is 0.570. The maximum Gasteiger partial charge on any atom is 0.245 e. The van der Waals surface area contributed by atoms with E-state index in [1.54, 1.807) is 0 Å². The van der Waals surface area contributed by atoms with E-state index in [0.29, 0.717) is 12.4 Å². The number of hydrogen-bond donors (Lipinski definition) is 1. The highest BCUT2D eigenvalue weighted by molar-refractivity contribution is 5.45. The van der Waals surface area contributed by atoms with Gasteiger partial charge in [0.05, 0.1) is 6.54 Å². The molecule has 2 aromatic rings. The van der Waals surface area contributed by atoms with Gasteiger partial charge in [0.25, 0.3) is 0 Å². The van der Waals surface area contributed by atoms with Crippen molar-refractivity contribution in [1.82, 2.24) is 10.1 Å². The van der Waals surface area contributed by atoms with E-state index in [4.69, 9.17) is 4.52 Å². The van der Waals surface area contributed by atoms with Gasteiger partial charge in [-0.2, -0.15) is 4.98 Å². The second kappa shape index (κ2) is 5.48. The Bertz CT molecular complexity index is 479. The highest BCUT2D eigenvalue weighted by Gasteiger charge is 2.04.